The Morgan fingerprint density at radius 2 is 2.18 bits per heavy atom. The van der Waals surface area contributed by atoms with Crippen molar-refractivity contribution in [2.75, 3.05) is 11.9 Å². The Labute approximate surface area is 102 Å². The molecular weight excluding hydrogens is 214 g/mol. The minimum atomic E-state index is -0.628. The lowest BCUT2D eigenvalue weighted by Crippen LogP contribution is -2.49. The summed E-state index contributed by atoms with van der Waals surface area (Å²) in [4.78, 5) is 12.0. The van der Waals surface area contributed by atoms with E-state index in [2.05, 4.69) is 10.6 Å². The van der Waals surface area contributed by atoms with Gasteiger partial charge >= 0.3 is 0 Å². The van der Waals surface area contributed by atoms with Crippen LogP contribution in [0.3, 0.4) is 0 Å². The molecule has 0 aliphatic heterocycles. The highest BCUT2D eigenvalue weighted by Gasteiger charge is 2.25. The third kappa shape index (κ3) is 3.58. The van der Waals surface area contributed by atoms with Crippen LogP contribution in [0.1, 0.15) is 26.3 Å². The molecule has 90 valence electrons. The minimum Gasteiger partial charge on any atom is -0.324 e. The normalized spacial score (nSPS) is 10.7. The molecule has 0 heterocycles. The maximum absolute atomic E-state index is 12.0. The maximum atomic E-state index is 12.0. The van der Waals surface area contributed by atoms with Crippen LogP contribution in [0.4, 0.5) is 5.69 Å². The van der Waals surface area contributed by atoms with Crippen LogP contribution in [0.15, 0.2) is 24.3 Å². The van der Waals surface area contributed by atoms with Gasteiger partial charge < -0.3 is 10.6 Å². The highest BCUT2D eigenvalue weighted by Crippen LogP contribution is 2.12. The molecule has 0 radical (unpaired) electrons. The molecule has 0 atom stereocenters. The van der Waals surface area contributed by atoms with Gasteiger partial charge in [0.15, 0.2) is 0 Å². The Kier molecular flexibility index (Phi) is 4.24. The SMILES string of the molecule is CCNC(C)(C)C(=O)Nc1cccc(C#N)c1. The smallest absolute Gasteiger partial charge is 0.244 e. The van der Waals surface area contributed by atoms with Crippen LogP contribution in [-0.4, -0.2) is 18.0 Å². The number of hydrogen-bond donors (Lipinski definition) is 2. The topological polar surface area (TPSA) is 64.9 Å². The van der Waals surface area contributed by atoms with E-state index in [0.717, 1.165) is 6.54 Å². The van der Waals surface area contributed by atoms with E-state index in [1.165, 1.54) is 0 Å². The summed E-state index contributed by atoms with van der Waals surface area (Å²) in [6.45, 7) is 6.31. The molecule has 1 aromatic carbocycles. The van der Waals surface area contributed by atoms with Crippen molar-refractivity contribution in [1.82, 2.24) is 5.32 Å². The first-order valence-electron chi connectivity index (χ1n) is 5.56. The summed E-state index contributed by atoms with van der Waals surface area (Å²) in [5.41, 5.74) is 0.543. The van der Waals surface area contributed by atoms with Crippen molar-refractivity contribution >= 4 is 11.6 Å². The third-order valence-corrected chi connectivity index (χ3v) is 2.44. The van der Waals surface area contributed by atoms with Gasteiger partial charge in [-0.1, -0.05) is 13.0 Å². The fourth-order valence-corrected chi connectivity index (χ4v) is 1.48. The highest BCUT2D eigenvalue weighted by atomic mass is 16.2. The molecule has 0 saturated heterocycles. The second kappa shape index (κ2) is 5.46. The molecule has 0 aliphatic rings. The number of nitrogens with one attached hydrogen (secondary N) is 2. The molecule has 0 unspecified atom stereocenters. The van der Waals surface area contributed by atoms with E-state index in [9.17, 15) is 4.79 Å². The number of carbonyl (C=O) groups is 1. The van der Waals surface area contributed by atoms with E-state index in [1.54, 1.807) is 24.3 Å². The monoisotopic (exact) mass is 231 g/mol. The largest absolute Gasteiger partial charge is 0.324 e. The molecule has 0 aromatic heterocycles. The molecule has 0 bridgehead atoms. The van der Waals surface area contributed by atoms with Crippen molar-refractivity contribution in [3.8, 4) is 6.07 Å². The highest BCUT2D eigenvalue weighted by molar-refractivity contribution is 5.97. The number of hydrogen-bond acceptors (Lipinski definition) is 3. The van der Waals surface area contributed by atoms with Gasteiger partial charge in [-0.05, 0) is 38.6 Å². The van der Waals surface area contributed by atoms with Crippen LogP contribution in [0.5, 0.6) is 0 Å². The van der Waals surface area contributed by atoms with E-state index in [0.29, 0.717) is 11.3 Å². The minimum absolute atomic E-state index is 0.116. The van der Waals surface area contributed by atoms with Crippen molar-refractivity contribution in [2.24, 2.45) is 0 Å². The fourth-order valence-electron chi connectivity index (χ4n) is 1.48. The first-order chi connectivity index (χ1) is 7.99. The van der Waals surface area contributed by atoms with Crippen LogP contribution in [0.2, 0.25) is 0 Å². The molecule has 1 amide bonds. The number of benzene rings is 1. The van der Waals surface area contributed by atoms with Gasteiger partial charge in [0, 0.05) is 5.69 Å². The molecule has 0 aliphatic carbocycles. The summed E-state index contributed by atoms with van der Waals surface area (Å²) < 4.78 is 0. The molecule has 0 saturated carbocycles. The van der Waals surface area contributed by atoms with Gasteiger partial charge in [0.25, 0.3) is 0 Å². The quantitative estimate of drug-likeness (QED) is 0.831. The summed E-state index contributed by atoms with van der Waals surface area (Å²) in [5.74, 6) is -0.116. The molecule has 2 N–H and O–H groups in total. The van der Waals surface area contributed by atoms with Crippen molar-refractivity contribution < 1.29 is 4.79 Å². The molecule has 4 nitrogen and oxygen atoms in total. The zero-order valence-electron chi connectivity index (χ0n) is 10.4. The maximum Gasteiger partial charge on any atom is 0.244 e. The molecule has 17 heavy (non-hydrogen) atoms. The van der Waals surface area contributed by atoms with Crippen molar-refractivity contribution in [2.45, 2.75) is 26.3 Å². The Morgan fingerprint density at radius 3 is 2.76 bits per heavy atom. The van der Waals surface area contributed by atoms with E-state index in [-0.39, 0.29) is 5.91 Å². The number of anilines is 1. The van der Waals surface area contributed by atoms with Gasteiger partial charge in [0.05, 0.1) is 17.2 Å². The summed E-state index contributed by atoms with van der Waals surface area (Å²) in [6.07, 6.45) is 0. The van der Waals surface area contributed by atoms with E-state index >= 15 is 0 Å². The molecule has 0 fully saturated rings. The molecule has 1 aromatic rings. The summed E-state index contributed by atoms with van der Waals surface area (Å²) in [7, 11) is 0. The second-order valence-electron chi connectivity index (χ2n) is 4.30. The van der Waals surface area contributed by atoms with Crippen LogP contribution in [-0.2, 0) is 4.79 Å². The van der Waals surface area contributed by atoms with Crippen LogP contribution in [0.25, 0.3) is 0 Å². The number of likely N-dealkylation sites (N-methyl/N-ethyl adjacent to an activating group) is 1. The lowest BCUT2D eigenvalue weighted by atomic mass is 10.0. The Morgan fingerprint density at radius 1 is 1.47 bits per heavy atom. The first-order valence-corrected chi connectivity index (χ1v) is 5.56. The summed E-state index contributed by atoms with van der Waals surface area (Å²) in [5, 5.41) is 14.6. The van der Waals surface area contributed by atoms with E-state index in [1.807, 2.05) is 26.8 Å². The van der Waals surface area contributed by atoms with Gasteiger partial charge in [-0.15, -0.1) is 0 Å². The van der Waals surface area contributed by atoms with Crippen molar-refractivity contribution in [3.05, 3.63) is 29.8 Å². The summed E-state index contributed by atoms with van der Waals surface area (Å²) in [6, 6.07) is 8.90. The number of nitrogens with zero attached hydrogens (tertiary/aromatic N) is 1. The molecule has 1 rings (SSSR count). The Hall–Kier alpha value is -1.86. The van der Waals surface area contributed by atoms with Crippen LogP contribution >= 0.6 is 0 Å². The molecule has 0 spiro atoms. The lowest BCUT2D eigenvalue weighted by Gasteiger charge is -2.24. The van der Waals surface area contributed by atoms with Gasteiger partial charge in [-0.25, -0.2) is 0 Å². The summed E-state index contributed by atoms with van der Waals surface area (Å²) >= 11 is 0. The number of rotatable bonds is 4. The van der Waals surface area contributed by atoms with Crippen molar-refractivity contribution in [1.29, 1.82) is 5.26 Å². The van der Waals surface area contributed by atoms with Gasteiger partial charge in [0.1, 0.15) is 0 Å². The number of amides is 1. The zero-order valence-corrected chi connectivity index (χ0v) is 10.4. The Bertz CT molecular complexity index is 446. The van der Waals surface area contributed by atoms with Gasteiger partial charge in [-0.2, -0.15) is 5.26 Å². The average Bonchev–Trinajstić information content (AvgIpc) is 2.29. The van der Waals surface area contributed by atoms with Gasteiger partial charge in [-0.3, -0.25) is 4.79 Å². The predicted octanol–water partition coefficient (Wildman–Crippen LogP) is 1.88. The van der Waals surface area contributed by atoms with Crippen molar-refractivity contribution in [3.63, 3.8) is 0 Å². The second-order valence-corrected chi connectivity index (χ2v) is 4.30. The molecular formula is C13H17N3O. The number of carbonyl (C=O) groups excluding carboxylic acids is 1. The first kappa shape index (κ1) is 13.2. The fraction of sp³-hybridized carbons (Fsp3) is 0.385. The predicted molar refractivity (Wildman–Crippen MR) is 67.5 cm³/mol. The van der Waals surface area contributed by atoms with E-state index < -0.39 is 5.54 Å². The van der Waals surface area contributed by atoms with Gasteiger partial charge in [0.2, 0.25) is 5.91 Å². The standard InChI is InChI=1S/C13H17N3O/c1-4-15-13(2,3)12(17)16-11-7-5-6-10(8-11)9-14/h5-8,15H,4H2,1-3H3,(H,16,17). The van der Waals surface area contributed by atoms with Crippen LogP contribution in [0, 0.1) is 11.3 Å². The lowest BCUT2D eigenvalue weighted by molar-refractivity contribution is -0.121. The number of nitriles is 1. The van der Waals surface area contributed by atoms with Crippen LogP contribution < -0.4 is 10.6 Å². The molecule has 4 heteroatoms. The zero-order chi connectivity index (χ0) is 12.9. The Balaban J connectivity index is 2.78. The average molecular weight is 231 g/mol. The third-order valence-electron chi connectivity index (χ3n) is 2.44. The van der Waals surface area contributed by atoms with E-state index in [4.69, 9.17) is 5.26 Å².